The van der Waals surface area contributed by atoms with Gasteiger partial charge in [-0.2, -0.15) is 5.10 Å². The van der Waals surface area contributed by atoms with Gasteiger partial charge in [0.15, 0.2) is 0 Å². The zero-order valence-corrected chi connectivity index (χ0v) is 19.1. The summed E-state index contributed by atoms with van der Waals surface area (Å²) in [5, 5.41) is 4.21. The summed E-state index contributed by atoms with van der Waals surface area (Å²) >= 11 is 0. The second-order valence-electron chi connectivity index (χ2n) is 9.44. The van der Waals surface area contributed by atoms with E-state index in [0.717, 1.165) is 45.4 Å². The molecule has 0 bridgehead atoms. The fourth-order valence-corrected chi connectivity index (χ4v) is 5.25. The average Bonchev–Trinajstić information content (AvgIpc) is 3.51. The van der Waals surface area contributed by atoms with Crippen LogP contribution in [0.2, 0.25) is 0 Å². The second-order valence-corrected chi connectivity index (χ2v) is 9.44. The van der Waals surface area contributed by atoms with E-state index in [-0.39, 0.29) is 11.9 Å². The van der Waals surface area contributed by atoms with Crippen LogP contribution in [-0.2, 0) is 11.2 Å². The Morgan fingerprint density at radius 1 is 1.16 bits per heavy atom. The van der Waals surface area contributed by atoms with Gasteiger partial charge in [0, 0.05) is 19.1 Å². The van der Waals surface area contributed by atoms with Crippen LogP contribution in [0.15, 0.2) is 36.9 Å². The number of rotatable bonds is 8. The number of likely N-dealkylation sites (tertiary alicyclic amines) is 1. The predicted octanol–water partition coefficient (Wildman–Crippen LogP) is 3.87. The Bertz CT molecular complexity index is 822. The third kappa shape index (κ3) is 5.53. The first kappa shape index (κ1) is 22.0. The Morgan fingerprint density at radius 3 is 2.58 bits per heavy atom. The van der Waals surface area contributed by atoms with Crippen molar-refractivity contribution in [1.82, 2.24) is 24.6 Å². The zero-order valence-electron chi connectivity index (χ0n) is 19.1. The molecule has 1 atom stereocenters. The number of benzene rings is 1. The lowest BCUT2D eigenvalue weighted by Gasteiger charge is -2.38. The molecule has 6 heteroatoms. The molecule has 1 aliphatic carbocycles. The number of hydrogen-bond donors (Lipinski definition) is 0. The Kier molecular flexibility index (Phi) is 7.38. The largest absolute Gasteiger partial charge is 0.338 e. The van der Waals surface area contributed by atoms with E-state index < -0.39 is 0 Å². The van der Waals surface area contributed by atoms with Crippen LogP contribution in [0.3, 0.4) is 0 Å². The second kappa shape index (κ2) is 10.4. The third-order valence-corrected chi connectivity index (χ3v) is 7.36. The van der Waals surface area contributed by atoms with Gasteiger partial charge in [-0.25, -0.2) is 9.67 Å². The molecule has 2 aromatic rings. The number of aryl methyl sites for hydroxylation is 1. The summed E-state index contributed by atoms with van der Waals surface area (Å²) < 4.78 is 1.69. The third-order valence-electron chi connectivity index (χ3n) is 7.36. The van der Waals surface area contributed by atoms with Gasteiger partial charge in [0.2, 0.25) is 5.91 Å². The van der Waals surface area contributed by atoms with Crippen LogP contribution in [0.1, 0.15) is 62.6 Å². The van der Waals surface area contributed by atoms with Gasteiger partial charge in [0.1, 0.15) is 18.7 Å². The highest BCUT2D eigenvalue weighted by Gasteiger charge is 2.33. The molecule has 1 aromatic carbocycles. The van der Waals surface area contributed by atoms with E-state index in [2.05, 4.69) is 51.1 Å². The maximum atomic E-state index is 13.4. The summed E-state index contributed by atoms with van der Waals surface area (Å²) in [6, 6.07) is 8.84. The molecule has 4 rings (SSSR count). The van der Waals surface area contributed by atoms with Crippen LogP contribution >= 0.6 is 0 Å². The van der Waals surface area contributed by atoms with Gasteiger partial charge in [0.05, 0.1) is 0 Å². The van der Waals surface area contributed by atoms with Crippen LogP contribution in [0.5, 0.6) is 0 Å². The Hall–Kier alpha value is -2.21. The first-order valence-corrected chi connectivity index (χ1v) is 12.0. The molecule has 168 valence electrons. The number of hydrogen-bond acceptors (Lipinski definition) is 4. The van der Waals surface area contributed by atoms with Gasteiger partial charge in [-0.3, -0.25) is 4.79 Å². The molecule has 31 heavy (non-hydrogen) atoms. The van der Waals surface area contributed by atoms with Crippen molar-refractivity contribution in [3.05, 3.63) is 48.0 Å². The fourth-order valence-electron chi connectivity index (χ4n) is 5.25. The normalized spacial score (nSPS) is 19.5. The molecular formula is C25H37N5O. The Labute approximate surface area is 186 Å². The molecule has 2 heterocycles. The zero-order chi connectivity index (χ0) is 21.6. The molecular weight excluding hydrogens is 386 g/mol. The lowest BCUT2D eigenvalue weighted by atomic mass is 9.94. The maximum Gasteiger partial charge on any atom is 0.247 e. The van der Waals surface area contributed by atoms with Crippen molar-refractivity contribution < 1.29 is 4.79 Å². The van der Waals surface area contributed by atoms with Gasteiger partial charge >= 0.3 is 0 Å². The minimum Gasteiger partial charge on any atom is -0.338 e. The lowest BCUT2D eigenvalue weighted by molar-refractivity contribution is -0.138. The van der Waals surface area contributed by atoms with Crippen LogP contribution < -0.4 is 0 Å². The topological polar surface area (TPSA) is 54.3 Å². The molecule has 0 radical (unpaired) electrons. The smallest absolute Gasteiger partial charge is 0.247 e. The lowest BCUT2D eigenvalue weighted by Crippen LogP contribution is -2.47. The molecule has 2 aliphatic rings. The van der Waals surface area contributed by atoms with Crippen LogP contribution in [0.25, 0.3) is 0 Å². The van der Waals surface area contributed by atoms with E-state index in [4.69, 9.17) is 0 Å². The molecule has 0 N–H and O–H groups in total. The summed E-state index contributed by atoms with van der Waals surface area (Å²) in [7, 11) is 0. The molecule has 1 amide bonds. The van der Waals surface area contributed by atoms with Crippen molar-refractivity contribution in [2.45, 2.75) is 70.9 Å². The minimum absolute atomic E-state index is 0.208. The molecule has 1 aliphatic heterocycles. The van der Waals surface area contributed by atoms with E-state index in [1.165, 1.54) is 43.1 Å². The predicted molar refractivity (Wildman–Crippen MR) is 123 cm³/mol. The van der Waals surface area contributed by atoms with Gasteiger partial charge in [-0.05, 0) is 76.1 Å². The van der Waals surface area contributed by atoms with Gasteiger partial charge in [-0.15, -0.1) is 0 Å². The molecule has 2 fully saturated rings. The summed E-state index contributed by atoms with van der Waals surface area (Å²) in [6.07, 6.45) is 11.4. The molecule has 1 unspecified atom stereocenters. The fraction of sp³-hybridized carbons (Fsp3) is 0.640. The summed E-state index contributed by atoms with van der Waals surface area (Å²) in [5.41, 5.74) is 2.86. The SMILES string of the molecule is Cc1ccccc1CCN1CCC(CN(C(=O)C(C)n2cncn2)C2CCCC2)CC1. The van der Waals surface area contributed by atoms with E-state index in [0.29, 0.717) is 12.0 Å². The molecule has 6 nitrogen and oxygen atoms in total. The monoisotopic (exact) mass is 423 g/mol. The molecule has 1 saturated heterocycles. The number of piperidine rings is 1. The maximum absolute atomic E-state index is 13.4. The molecule has 1 saturated carbocycles. The Morgan fingerprint density at radius 2 is 1.90 bits per heavy atom. The van der Waals surface area contributed by atoms with Crippen molar-refractivity contribution in [2.75, 3.05) is 26.2 Å². The standard InChI is InChI=1S/C25H37N5O/c1-20-7-3-4-8-23(20)13-16-28-14-11-22(12-15-28)17-29(24-9-5-6-10-24)25(31)21(2)30-19-26-18-27-30/h3-4,7-8,18-19,21-22,24H,5-6,9-17H2,1-2H3. The number of nitrogens with zero attached hydrogens (tertiary/aromatic N) is 5. The number of carbonyl (C=O) groups excluding carboxylic acids is 1. The van der Waals surface area contributed by atoms with E-state index in [9.17, 15) is 4.79 Å². The average molecular weight is 424 g/mol. The molecule has 0 spiro atoms. The number of amides is 1. The first-order valence-electron chi connectivity index (χ1n) is 12.0. The summed E-state index contributed by atoms with van der Waals surface area (Å²) in [4.78, 5) is 22.2. The molecule has 1 aromatic heterocycles. The van der Waals surface area contributed by atoms with Gasteiger partial charge in [-0.1, -0.05) is 37.1 Å². The van der Waals surface area contributed by atoms with Crippen molar-refractivity contribution in [3.8, 4) is 0 Å². The number of carbonyl (C=O) groups is 1. The van der Waals surface area contributed by atoms with Crippen molar-refractivity contribution in [3.63, 3.8) is 0 Å². The number of aromatic nitrogens is 3. The van der Waals surface area contributed by atoms with Gasteiger partial charge < -0.3 is 9.80 Å². The van der Waals surface area contributed by atoms with Crippen molar-refractivity contribution >= 4 is 5.91 Å². The van der Waals surface area contributed by atoms with E-state index >= 15 is 0 Å². The Balaban J connectivity index is 1.31. The highest BCUT2D eigenvalue weighted by atomic mass is 16.2. The first-order chi connectivity index (χ1) is 15.1. The van der Waals surface area contributed by atoms with E-state index in [1.807, 2.05) is 6.92 Å². The van der Waals surface area contributed by atoms with Gasteiger partial charge in [0.25, 0.3) is 0 Å². The quantitative estimate of drug-likeness (QED) is 0.647. The van der Waals surface area contributed by atoms with Crippen LogP contribution in [0.4, 0.5) is 0 Å². The van der Waals surface area contributed by atoms with E-state index in [1.54, 1.807) is 11.0 Å². The van der Waals surface area contributed by atoms with Crippen LogP contribution in [0, 0.1) is 12.8 Å². The minimum atomic E-state index is -0.280. The summed E-state index contributed by atoms with van der Waals surface area (Å²) in [6.45, 7) is 8.47. The van der Waals surface area contributed by atoms with Crippen molar-refractivity contribution in [1.29, 1.82) is 0 Å². The van der Waals surface area contributed by atoms with Crippen molar-refractivity contribution in [2.24, 2.45) is 5.92 Å². The van der Waals surface area contributed by atoms with Crippen LogP contribution in [-0.4, -0.2) is 62.7 Å². The highest BCUT2D eigenvalue weighted by molar-refractivity contribution is 5.80. The summed E-state index contributed by atoms with van der Waals surface area (Å²) in [5.74, 6) is 0.807. The highest BCUT2D eigenvalue weighted by Crippen LogP contribution is 2.28.